The first-order valence-corrected chi connectivity index (χ1v) is 9.98. The number of hydrogen-bond donors (Lipinski definition) is 1. The first-order valence-electron chi connectivity index (χ1n) is 8.81. The topological polar surface area (TPSA) is 108 Å². The number of aryl methyl sites for hydroxylation is 1. The molecule has 9 nitrogen and oxygen atoms in total. The van der Waals surface area contributed by atoms with Crippen molar-refractivity contribution in [3.8, 4) is 0 Å². The van der Waals surface area contributed by atoms with Crippen molar-refractivity contribution >= 4 is 45.1 Å². The molecule has 0 radical (unpaired) electrons. The largest absolute Gasteiger partial charge is 0.390 e. The van der Waals surface area contributed by atoms with Crippen LogP contribution in [-0.2, 0) is 17.9 Å². The van der Waals surface area contributed by atoms with Crippen LogP contribution in [0.15, 0.2) is 34.9 Å². The third-order valence-corrected chi connectivity index (χ3v) is 5.32. The minimum absolute atomic E-state index is 0.0890. The van der Waals surface area contributed by atoms with Crippen LogP contribution < -0.4 is 5.32 Å². The molecule has 12 heteroatoms. The molecule has 30 heavy (non-hydrogen) atoms. The average Bonchev–Trinajstić information content (AvgIpc) is 3.21. The van der Waals surface area contributed by atoms with Crippen LogP contribution in [0.2, 0.25) is 5.02 Å². The van der Waals surface area contributed by atoms with Gasteiger partial charge in [0.05, 0.1) is 40.3 Å². The highest BCUT2D eigenvalue weighted by Gasteiger charge is 2.22. The maximum absolute atomic E-state index is 14.0. The van der Waals surface area contributed by atoms with Crippen molar-refractivity contribution in [1.82, 2.24) is 19.6 Å². The van der Waals surface area contributed by atoms with Gasteiger partial charge in [0, 0.05) is 16.8 Å². The van der Waals surface area contributed by atoms with E-state index in [0.717, 1.165) is 0 Å². The van der Waals surface area contributed by atoms with Crippen LogP contribution in [0.3, 0.4) is 0 Å². The Balaban J connectivity index is 1.69. The number of nitro groups is 1. The number of carbonyl (C=O) groups excluding carboxylic acids is 1. The summed E-state index contributed by atoms with van der Waals surface area (Å²) in [5.74, 6) is -1.34. The van der Waals surface area contributed by atoms with Gasteiger partial charge in [-0.1, -0.05) is 24.6 Å². The summed E-state index contributed by atoms with van der Waals surface area (Å²) in [7, 11) is 0. The molecule has 3 aromatic rings. The van der Waals surface area contributed by atoms with E-state index in [0.29, 0.717) is 10.2 Å². The molecule has 0 saturated carbocycles. The molecule has 1 N–H and O–H groups in total. The van der Waals surface area contributed by atoms with E-state index < -0.39 is 16.7 Å². The number of nitrogens with one attached hydrogen (secondary N) is 1. The highest BCUT2D eigenvalue weighted by molar-refractivity contribution is 9.10. The summed E-state index contributed by atoms with van der Waals surface area (Å²) in [6.45, 7) is 3.60. The smallest absolute Gasteiger partial charge is 0.358 e. The second-order valence-corrected chi connectivity index (χ2v) is 7.96. The highest BCUT2D eigenvalue weighted by atomic mass is 79.9. The summed E-state index contributed by atoms with van der Waals surface area (Å²) in [6.07, 6.45) is 1.60. The Morgan fingerprint density at radius 1 is 1.43 bits per heavy atom. The van der Waals surface area contributed by atoms with Gasteiger partial charge in [0.2, 0.25) is 5.91 Å². The van der Waals surface area contributed by atoms with Crippen molar-refractivity contribution in [2.45, 2.75) is 26.9 Å². The maximum Gasteiger partial charge on any atom is 0.390 e. The van der Waals surface area contributed by atoms with Crippen LogP contribution in [0.4, 0.5) is 16.0 Å². The van der Waals surface area contributed by atoms with Gasteiger partial charge < -0.3 is 15.4 Å². The lowest BCUT2D eigenvalue weighted by atomic mass is 10.1. The van der Waals surface area contributed by atoms with Crippen LogP contribution in [-0.4, -0.2) is 30.4 Å². The fraction of sp³-hybridized carbons (Fsp3) is 0.278. The number of hydrogen-bond acceptors (Lipinski definition) is 5. The van der Waals surface area contributed by atoms with Crippen molar-refractivity contribution in [1.29, 1.82) is 0 Å². The van der Waals surface area contributed by atoms with Gasteiger partial charge in [-0.3, -0.25) is 9.48 Å². The molecule has 1 aromatic carbocycles. The third kappa shape index (κ3) is 4.85. The normalized spacial score (nSPS) is 12.0. The molecular weight excluding hydrogens is 483 g/mol. The number of nitrogens with zero attached hydrogens (tertiary/aromatic N) is 5. The van der Waals surface area contributed by atoms with Crippen LogP contribution in [0.25, 0.3) is 0 Å². The summed E-state index contributed by atoms with van der Waals surface area (Å²) in [5, 5.41) is 22.0. The monoisotopic (exact) mass is 498 g/mol. The van der Waals surface area contributed by atoms with Gasteiger partial charge in [0.25, 0.3) is 0 Å². The van der Waals surface area contributed by atoms with E-state index in [2.05, 4.69) is 31.4 Å². The standard InChI is InChI=1S/C18H17BrClFN6O3/c1-10(7-26-11(2)6-16(23-26)27(29)30)18(28)22-17-13(19)9-25(24-17)8-12-14(20)4-3-5-15(12)21/h3-6,9-10H,7-8H2,1-2H3,(H,22,24,28). The van der Waals surface area contributed by atoms with Crippen LogP contribution in [0.1, 0.15) is 18.2 Å². The number of benzene rings is 1. The van der Waals surface area contributed by atoms with Crippen molar-refractivity contribution in [2.24, 2.45) is 5.92 Å². The van der Waals surface area contributed by atoms with E-state index in [-0.39, 0.29) is 41.2 Å². The zero-order valence-corrected chi connectivity index (χ0v) is 18.3. The molecule has 158 valence electrons. The Labute approximate surface area is 184 Å². The number of anilines is 1. The van der Waals surface area contributed by atoms with Crippen LogP contribution in [0.5, 0.6) is 0 Å². The van der Waals surface area contributed by atoms with Crippen molar-refractivity contribution in [3.05, 3.63) is 67.1 Å². The molecule has 1 amide bonds. The fourth-order valence-electron chi connectivity index (χ4n) is 2.76. The Hall–Kier alpha value is -2.79. The molecule has 0 aliphatic heterocycles. The fourth-order valence-corrected chi connectivity index (χ4v) is 3.39. The molecule has 0 fully saturated rings. The van der Waals surface area contributed by atoms with Gasteiger partial charge in [-0.25, -0.2) is 4.39 Å². The molecule has 1 unspecified atom stereocenters. The number of aromatic nitrogens is 4. The van der Waals surface area contributed by atoms with E-state index in [1.54, 1.807) is 26.1 Å². The Morgan fingerprint density at radius 2 is 2.17 bits per heavy atom. The molecule has 0 aliphatic carbocycles. The number of amides is 1. The van der Waals surface area contributed by atoms with E-state index in [1.807, 2.05) is 0 Å². The zero-order valence-electron chi connectivity index (χ0n) is 16.0. The van der Waals surface area contributed by atoms with Crippen LogP contribution >= 0.6 is 27.5 Å². The minimum atomic E-state index is -0.584. The van der Waals surface area contributed by atoms with Gasteiger partial charge >= 0.3 is 5.82 Å². The van der Waals surface area contributed by atoms with Crippen molar-refractivity contribution < 1.29 is 14.1 Å². The van der Waals surface area contributed by atoms with Gasteiger partial charge in [-0.05, 0) is 39.9 Å². The highest BCUT2D eigenvalue weighted by Crippen LogP contribution is 2.24. The van der Waals surface area contributed by atoms with Crippen LogP contribution in [0, 0.1) is 28.8 Å². The van der Waals surface area contributed by atoms with Gasteiger partial charge in [-0.15, -0.1) is 0 Å². The van der Waals surface area contributed by atoms with E-state index >= 15 is 0 Å². The minimum Gasteiger partial charge on any atom is -0.358 e. The predicted molar refractivity (Wildman–Crippen MR) is 112 cm³/mol. The number of halogens is 3. The third-order valence-electron chi connectivity index (χ3n) is 4.39. The summed E-state index contributed by atoms with van der Waals surface area (Å²) in [4.78, 5) is 22.8. The summed E-state index contributed by atoms with van der Waals surface area (Å²) in [6, 6.07) is 5.76. The Bertz CT molecular complexity index is 1100. The second kappa shape index (κ2) is 8.92. The summed E-state index contributed by atoms with van der Waals surface area (Å²) < 4.78 is 17.4. The Kier molecular flexibility index (Phi) is 6.52. The second-order valence-electron chi connectivity index (χ2n) is 6.70. The summed E-state index contributed by atoms with van der Waals surface area (Å²) in [5.41, 5.74) is 0.865. The lowest BCUT2D eigenvalue weighted by Gasteiger charge is -2.10. The van der Waals surface area contributed by atoms with Gasteiger partial charge in [-0.2, -0.15) is 9.78 Å². The van der Waals surface area contributed by atoms with Crippen molar-refractivity contribution in [2.75, 3.05) is 5.32 Å². The molecular formula is C18H17BrClFN6O3. The zero-order chi connectivity index (χ0) is 22.0. The predicted octanol–water partition coefficient (Wildman–Crippen LogP) is 4.17. The SMILES string of the molecule is Cc1cc([N+](=O)[O-])nn1CC(C)C(=O)Nc1nn(Cc2c(F)cccc2Cl)cc1Br. The molecule has 0 aliphatic rings. The van der Waals surface area contributed by atoms with E-state index in [9.17, 15) is 19.3 Å². The molecule has 2 heterocycles. The lowest BCUT2D eigenvalue weighted by Crippen LogP contribution is -2.25. The number of carbonyl (C=O) groups is 1. The summed E-state index contributed by atoms with van der Waals surface area (Å²) >= 11 is 9.38. The Morgan fingerprint density at radius 3 is 2.80 bits per heavy atom. The average molecular weight is 500 g/mol. The van der Waals surface area contributed by atoms with E-state index in [4.69, 9.17) is 11.6 Å². The molecule has 0 spiro atoms. The maximum atomic E-state index is 14.0. The van der Waals surface area contributed by atoms with Gasteiger partial charge in [0.15, 0.2) is 5.82 Å². The molecule has 3 rings (SSSR count). The number of rotatable bonds is 7. The van der Waals surface area contributed by atoms with E-state index in [1.165, 1.54) is 27.6 Å². The first-order chi connectivity index (χ1) is 14.2. The molecule has 1 atom stereocenters. The van der Waals surface area contributed by atoms with Gasteiger partial charge in [0.1, 0.15) is 5.82 Å². The van der Waals surface area contributed by atoms with Crippen molar-refractivity contribution in [3.63, 3.8) is 0 Å². The molecule has 0 saturated heterocycles. The first kappa shape index (κ1) is 21.9. The lowest BCUT2D eigenvalue weighted by molar-refractivity contribution is -0.389. The molecule has 2 aromatic heterocycles. The molecule has 0 bridgehead atoms. The quantitative estimate of drug-likeness (QED) is 0.388.